The number of aliphatic hydroxyl groups excluding tert-OH is 2. The maximum Gasteiger partial charge on any atom is 0.351 e. The van der Waals surface area contributed by atoms with Gasteiger partial charge in [-0.1, -0.05) is 62.0 Å². The SMILES string of the molecule is C=C(C)[C@]1(CC)O[C@@H](n2ccc(=O)[nH]c2=O)[C@H](F)[C@@H]1C.CC(C)[C@]1(CO)O[C@@H](n2ccc(N)nc2=O)[C@H](F)[C@@H]1O.CC[C@@]1(C(C)C)O[C@@H](n2ccc(=O)[nH]c2=O)[C@H](F)[C@@H]1C. The van der Waals surface area contributed by atoms with Crippen LogP contribution in [0.3, 0.4) is 0 Å². The van der Waals surface area contributed by atoms with Crippen LogP contribution < -0.4 is 33.9 Å². The molecule has 6 rings (SSSR count). The van der Waals surface area contributed by atoms with Crippen LogP contribution in [0, 0.1) is 23.7 Å². The number of nitrogens with two attached hydrogens (primary N) is 1. The first-order chi connectivity index (χ1) is 28.0. The molecule has 0 aliphatic carbocycles. The fraction of sp³-hybridized carbons (Fsp3) is 0.650. The summed E-state index contributed by atoms with van der Waals surface area (Å²) in [6.45, 7) is 19.9. The van der Waals surface area contributed by atoms with Gasteiger partial charge in [0.15, 0.2) is 37.2 Å². The van der Waals surface area contributed by atoms with Crippen molar-refractivity contribution in [1.29, 1.82) is 0 Å². The van der Waals surface area contributed by atoms with Crippen molar-refractivity contribution >= 4 is 5.82 Å². The molecule has 3 aliphatic heterocycles. The Balaban J connectivity index is 0.000000198. The fourth-order valence-corrected chi connectivity index (χ4v) is 8.56. The van der Waals surface area contributed by atoms with Crippen LogP contribution in [0.15, 0.2) is 72.9 Å². The summed E-state index contributed by atoms with van der Waals surface area (Å²) in [6, 6.07) is 3.70. The Bertz CT molecular complexity index is 2280. The summed E-state index contributed by atoms with van der Waals surface area (Å²) in [6.07, 6.45) is -4.39. The standard InChI is InChI=1S/C14H21FN2O3.C14H19FN2O3.C12H18FN3O4/c2*1-5-14(8(2)3)9(4)11(15)12(20-14)17-7-6-10(18)16-13(17)19;1-6(2)12(5-17)9(18)8(13)10(20-12)16-4-3-7(14)15-11(16)19/h6-9,11-12H,5H2,1-4H3,(H,16,18,19);6-7,9,11-12H,2,5H2,1,3-4H3,(H,16,18,19);3-4,6,8-10,17-18H,5H2,1-2H3,(H2,14,15,19)/t2*9-,11+,12+,14-;8-,9+,10-,12+/m001/s1. The lowest BCUT2D eigenvalue weighted by Gasteiger charge is -2.35. The Morgan fingerprint density at radius 2 is 1.23 bits per heavy atom. The maximum absolute atomic E-state index is 14.6. The molecule has 17 nitrogen and oxygen atoms in total. The summed E-state index contributed by atoms with van der Waals surface area (Å²) < 4.78 is 63.9. The van der Waals surface area contributed by atoms with Gasteiger partial charge in [-0.3, -0.25) is 33.3 Å². The van der Waals surface area contributed by atoms with Crippen LogP contribution in [0.5, 0.6) is 0 Å². The molecule has 3 aromatic heterocycles. The number of nitrogens with one attached hydrogen (secondary N) is 2. The highest BCUT2D eigenvalue weighted by molar-refractivity contribution is 5.24. The molecule has 3 aliphatic rings. The van der Waals surface area contributed by atoms with Crippen molar-refractivity contribution in [3.63, 3.8) is 0 Å². The van der Waals surface area contributed by atoms with E-state index < -0.39 is 101 Å². The van der Waals surface area contributed by atoms with Crippen LogP contribution in [-0.2, 0) is 14.2 Å². The Labute approximate surface area is 344 Å². The number of hydrogen-bond donors (Lipinski definition) is 5. The smallest absolute Gasteiger partial charge is 0.351 e. The highest BCUT2D eigenvalue weighted by Gasteiger charge is 2.58. The van der Waals surface area contributed by atoms with Gasteiger partial charge >= 0.3 is 17.1 Å². The zero-order chi connectivity index (χ0) is 45.2. The van der Waals surface area contributed by atoms with Crippen molar-refractivity contribution in [2.45, 2.75) is 135 Å². The van der Waals surface area contributed by atoms with Crippen molar-refractivity contribution < 1.29 is 37.6 Å². The molecule has 0 unspecified atom stereocenters. The summed E-state index contributed by atoms with van der Waals surface area (Å²) in [7, 11) is 0. The van der Waals surface area contributed by atoms with Crippen molar-refractivity contribution in [3.8, 4) is 0 Å². The van der Waals surface area contributed by atoms with E-state index in [2.05, 4.69) is 21.5 Å². The molecule has 20 heteroatoms. The van der Waals surface area contributed by atoms with Gasteiger partial charge in [0.05, 0.1) is 17.8 Å². The highest BCUT2D eigenvalue weighted by atomic mass is 19.1. The topological polar surface area (TPSA) is 239 Å². The summed E-state index contributed by atoms with van der Waals surface area (Å²) in [5, 5.41) is 19.5. The fourth-order valence-electron chi connectivity index (χ4n) is 8.56. The first-order valence-corrected chi connectivity index (χ1v) is 19.9. The molecule has 0 spiro atoms. The first-order valence-electron chi connectivity index (χ1n) is 19.9. The third kappa shape index (κ3) is 8.61. The summed E-state index contributed by atoms with van der Waals surface area (Å²) in [5.41, 5.74) is 0.139. The highest BCUT2D eigenvalue weighted by Crippen LogP contribution is 2.49. The monoisotopic (exact) mass is 853 g/mol. The average molecular weight is 854 g/mol. The van der Waals surface area contributed by atoms with Crippen LogP contribution in [0.1, 0.15) is 93.8 Å². The van der Waals surface area contributed by atoms with Gasteiger partial charge in [0.25, 0.3) is 11.1 Å². The van der Waals surface area contributed by atoms with Crippen molar-refractivity contribution in [1.82, 2.24) is 28.7 Å². The van der Waals surface area contributed by atoms with E-state index in [1.807, 2.05) is 34.6 Å². The van der Waals surface area contributed by atoms with E-state index >= 15 is 0 Å². The van der Waals surface area contributed by atoms with Crippen LogP contribution in [0.25, 0.3) is 0 Å². The summed E-state index contributed by atoms with van der Waals surface area (Å²) >= 11 is 0. The van der Waals surface area contributed by atoms with Gasteiger partial charge < -0.3 is 30.2 Å². The van der Waals surface area contributed by atoms with E-state index in [-0.39, 0.29) is 23.6 Å². The number of aliphatic hydroxyl groups is 2. The van der Waals surface area contributed by atoms with Gasteiger partial charge in [-0.15, -0.1) is 0 Å². The van der Waals surface area contributed by atoms with Crippen molar-refractivity contribution in [2.75, 3.05) is 12.3 Å². The second kappa shape index (κ2) is 18.6. The molecule has 0 radical (unpaired) electrons. The summed E-state index contributed by atoms with van der Waals surface area (Å²) in [5.74, 6) is -0.949. The number of nitrogen functional groups attached to an aromatic ring is 1. The van der Waals surface area contributed by atoms with Gasteiger partial charge in [0, 0.05) is 42.6 Å². The second-order valence-corrected chi connectivity index (χ2v) is 16.2. The number of rotatable bonds is 9. The van der Waals surface area contributed by atoms with E-state index in [1.165, 1.54) is 36.8 Å². The predicted octanol–water partition coefficient (Wildman–Crippen LogP) is 3.05. The van der Waals surface area contributed by atoms with Crippen molar-refractivity contribution in [3.05, 3.63) is 101 Å². The maximum atomic E-state index is 14.6. The first kappa shape index (κ1) is 48.0. The Hall–Kier alpha value is -4.63. The molecule has 0 saturated carbocycles. The Morgan fingerprint density at radius 3 is 1.60 bits per heavy atom. The van der Waals surface area contributed by atoms with Crippen molar-refractivity contribution in [2.24, 2.45) is 23.7 Å². The van der Waals surface area contributed by atoms with E-state index in [0.29, 0.717) is 12.8 Å². The largest absolute Gasteiger partial charge is 0.393 e. The van der Waals surface area contributed by atoms with Gasteiger partial charge in [-0.2, -0.15) is 4.98 Å². The number of halogens is 3. The number of aromatic nitrogens is 6. The molecule has 3 fully saturated rings. The van der Waals surface area contributed by atoms with Gasteiger partial charge in [-0.05, 0) is 43.2 Å². The lowest BCUT2D eigenvalue weighted by Crippen LogP contribution is -2.49. The number of alkyl halides is 3. The molecule has 334 valence electrons. The number of nitrogens with zero attached hydrogens (tertiary/aromatic N) is 4. The van der Waals surface area contributed by atoms with Gasteiger partial charge in [-0.25, -0.2) is 27.6 Å². The molecule has 3 saturated heterocycles. The number of anilines is 1. The minimum absolute atomic E-state index is 0.0116. The quantitative estimate of drug-likeness (QED) is 0.195. The number of H-pyrrole nitrogens is 2. The molecule has 12 atom stereocenters. The van der Waals surface area contributed by atoms with Crippen LogP contribution in [-0.4, -0.2) is 86.9 Å². The average Bonchev–Trinajstić information content (AvgIpc) is 3.72. The molecule has 6 N–H and O–H groups in total. The third-order valence-electron chi connectivity index (χ3n) is 12.5. The van der Waals surface area contributed by atoms with Gasteiger partial charge in [0.1, 0.15) is 17.5 Å². The molecule has 3 aromatic rings. The normalized spacial score (nSPS) is 33.6. The molecule has 0 amide bonds. The van der Waals surface area contributed by atoms with Gasteiger partial charge in [0.2, 0.25) is 0 Å². The molecule has 60 heavy (non-hydrogen) atoms. The van der Waals surface area contributed by atoms with E-state index in [4.69, 9.17) is 19.9 Å². The van der Waals surface area contributed by atoms with E-state index in [9.17, 15) is 47.4 Å². The van der Waals surface area contributed by atoms with Crippen LogP contribution in [0.2, 0.25) is 0 Å². The number of hydrogen-bond acceptors (Lipinski definition) is 12. The molecular formula is C40H58F3N7O10. The molecule has 6 heterocycles. The zero-order valence-electron chi connectivity index (χ0n) is 35.3. The Kier molecular flexibility index (Phi) is 14.9. The van der Waals surface area contributed by atoms with Crippen LogP contribution in [0.4, 0.5) is 19.0 Å². The zero-order valence-corrected chi connectivity index (χ0v) is 35.3. The lowest BCUT2D eigenvalue weighted by molar-refractivity contribution is -0.153. The minimum Gasteiger partial charge on any atom is -0.393 e. The molecule has 0 aromatic carbocycles. The number of ether oxygens (including phenoxy) is 3. The Morgan fingerprint density at radius 1 is 0.783 bits per heavy atom. The number of aromatic amines is 2. The molecule has 0 bridgehead atoms. The predicted molar refractivity (Wildman–Crippen MR) is 215 cm³/mol. The summed E-state index contributed by atoms with van der Waals surface area (Å²) in [4.78, 5) is 65.2. The lowest BCUT2D eigenvalue weighted by atomic mass is 9.77. The van der Waals surface area contributed by atoms with E-state index in [0.717, 1.165) is 19.3 Å². The van der Waals surface area contributed by atoms with E-state index in [1.54, 1.807) is 27.7 Å². The third-order valence-corrected chi connectivity index (χ3v) is 12.5. The second-order valence-electron chi connectivity index (χ2n) is 16.2. The van der Waals surface area contributed by atoms with Crippen LogP contribution >= 0.6 is 0 Å². The molecular weight excluding hydrogens is 795 g/mol. The minimum atomic E-state index is -1.85.